The summed E-state index contributed by atoms with van der Waals surface area (Å²) in [5.41, 5.74) is 0.782. The van der Waals surface area contributed by atoms with E-state index >= 15 is 0 Å². The Morgan fingerprint density at radius 1 is 1.22 bits per heavy atom. The lowest BCUT2D eigenvalue weighted by atomic mass is 10.1. The average molecular weight is 473 g/mol. The van der Waals surface area contributed by atoms with Gasteiger partial charge in [-0.1, -0.05) is 23.8 Å². The van der Waals surface area contributed by atoms with Crippen molar-refractivity contribution in [1.29, 1.82) is 0 Å². The Balaban J connectivity index is 1.67. The molecule has 6 nitrogen and oxygen atoms in total. The van der Waals surface area contributed by atoms with Gasteiger partial charge in [-0.15, -0.1) is 0 Å². The van der Waals surface area contributed by atoms with Gasteiger partial charge in [-0.05, 0) is 35.9 Å². The summed E-state index contributed by atoms with van der Waals surface area (Å²) < 4.78 is 22.4. The molecule has 0 bridgehead atoms. The van der Waals surface area contributed by atoms with Crippen molar-refractivity contribution in [1.82, 2.24) is 14.5 Å². The van der Waals surface area contributed by atoms with Crippen molar-refractivity contribution in [2.75, 3.05) is 24.6 Å². The number of ether oxygens (including phenoxy) is 1. The molecule has 2 aliphatic rings. The Hall–Kier alpha value is -2.68. The fourth-order valence-electron chi connectivity index (χ4n) is 3.98. The van der Waals surface area contributed by atoms with E-state index in [2.05, 4.69) is 20.7 Å². The minimum absolute atomic E-state index is 0.0558. The molecule has 3 aromatic rings. The number of aromatic nitrogens is 3. The van der Waals surface area contributed by atoms with Crippen LogP contribution in [0.25, 0.3) is 22.2 Å². The van der Waals surface area contributed by atoms with E-state index in [0.29, 0.717) is 42.2 Å². The van der Waals surface area contributed by atoms with E-state index in [0.717, 1.165) is 0 Å². The number of morpholine rings is 1. The highest BCUT2D eigenvalue weighted by Gasteiger charge is 2.27. The zero-order valence-electron chi connectivity index (χ0n) is 17.6. The number of allylic oxidation sites excluding steroid dienone is 2. The first-order chi connectivity index (χ1) is 15.4. The molecule has 166 valence electrons. The van der Waals surface area contributed by atoms with E-state index in [-0.39, 0.29) is 27.3 Å². The van der Waals surface area contributed by atoms with Gasteiger partial charge in [0, 0.05) is 30.2 Å². The van der Waals surface area contributed by atoms with Crippen LogP contribution in [0.4, 0.5) is 10.2 Å². The van der Waals surface area contributed by atoms with Crippen LogP contribution in [0.1, 0.15) is 5.82 Å². The van der Waals surface area contributed by atoms with Crippen molar-refractivity contribution in [3.63, 3.8) is 0 Å². The fourth-order valence-corrected chi connectivity index (χ4v) is 5.88. The monoisotopic (exact) mass is 472 g/mol. The van der Waals surface area contributed by atoms with E-state index in [9.17, 15) is 9.18 Å². The summed E-state index contributed by atoms with van der Waals surface area (Å²) in [7, 11) is 1.16. The second-order valence-electron chi connectivity index (χ2n) is 7.77. The summed E-state index contributed by atoms with van der Waals surface area (Å²) in [6.45, 7) is 3.65. The van der Waals surface area contributed by atoms with Gasteiger partial charge in [-0.3, -0.25) is 9.36 Å². The van der Waals surface area contributed by atoms with Crippen molar-refractivity contribution < 1.29 is 9.13 Å². The Labute approximate surface area is 192 Å². The number of aryl methyl sites for hydroxylation is 1. The molecule has 0 N–H and O–H groups in total. The third-order valence-electron chi connectivity index (χ3n) is 5.79. The predicted octanol–water partition coefficient (Wildman–Crippen LogP) is 4.30. The highest BCUT2D eigenvalue weighted by atomic mass is 35.5. The first-order valence-corrected chi connectivity index (χ1v) is 12.2. The summed E-state index contributed by atoms with van der Waals surface area (Å²) in [6.07, 6.45) is 4.10. The smallest absolute Gasteiger partial charge is 0.263 e. The number of benzene rings is 1. The largest absolute Gasteiger partial charge is 0.365 e. The number of pyridine rings is 1. The maximum atomic E-state index is 14.9. The van der Waals surface area contributed by atoms with Crippen molar-refractivity contribution in [3.8, 4) is 11.3 Å². The molecule has 32 heavy (non-hydrogen) atoms. The maximum Gasteiger partial charge on any atom is 0.263 e. The number of fused-ring (bicyclic) bond motifs is 1. The minimum atomic E-state index is -0.532. The number of nitrogens with zero attached hydrogens (tertiary/aromatic N) is 4. The number of thiol groups is 1. The Morgan fingerprint density at radius 3 is 2.75 bits per heavy atom. The summed E-state index contributed by atoms with van der Waals surface area (Å²) in [5.74, 6) is 0.694. The minimum Gasteiger partial charge on any atom is -0.365 e. The van der Waals surface area contributed by atoms with Gasteiger partial charge in [0.2, 0.25) is 0 Å². The molecule has 1 saturated heterocycles. The molecule has 2 aliphatic heterocycles. The summed E-state index contributed by atoms with van der Waals surface area (Å²) in [5, 5.41) is 4.93. The molecule has 0 unspecified atom stereocenters. The van der Waals surface area contributed by atoms with Gasteiger partial charge >= 0.3 is 0 Å². The van der Waals surface area contributed by atoms with Crippen molar-refractivity contribution in [2.45, 2.75) is 12.4 Å². The molecule has 1 fully saturated rings. The van der Waals surface area contributed by atoms with Crippen molar-refractivity contribution in [3.05, 3.63) is 74.3 Å². The zero-order valence-corrected chi connectivity index (χ0v) is 19.3. The standard InChI is InChI=1S/C23H22ClFN4O2S/c1-14-26-18-12-19(29-7-8-31-20(13-29)32-9-3-4-10-32)27-22(21(18)23(30)28(14)2)16-6-5-15(24)11-17(16)25/h3-6,9-12,20,32H,7-8,13H2,1-2H3/t20-/m1/s1. The first kappa shape index (κ1) is 21.2. The summed E-state index contributed by atoms with van der Waals surface area (Å²) in [4.78, 5) is 24.7. The second-order valence-corrected chi connectivity index (χ2v) is 10.3. The van der Waals surface area contributed by atoms with E-state index in [4.69, 9.17) is 21.3 Å². The van der Waals surface area contributed by atoms with Crippen LogP contribution in [0.3, 0.4) is 0 Å². The summed E-state index contributed by atoms with van der Waals surface area (Å²) in [6, 6.07) is 6.20. The Bertz CT molecular complexity index is 1330. The van der Waals surface area contributed by atoms with Crippen LogP contribution in [0.2, 0.25) is 5.02 Å². The molecule has 4 heterocycles. The number of anilines is 1. The molecular weight excluding hydrogens is 451 g/mol. The highest BCUT2D eigenvalue weighted by molar-refractivity contribution is 8.22. The number of rotatable bonds is 3. The van der Waals surface area contributed by atoms with Gasteiger partial charge in [0.25, 0.3) is 5.56 Å². The molecule has 0 aliphatic carbocycles. The molecule has 2 aromatic heterocycles. The van der Waals surface area contributed by atoms with E-state index < -0.39 is 16.7 Å². The van der Waals surface area contributed by atoms with Crippen LogP contribution in [0.15, 0.2) is 52.0 Å². The lowest BCUT2D eigenvalue weighted by molar-refractivity contribution is 0.0975. The van der Waals surface area contributed by atoms with E-state index in [1.54, 1.807) is 26.1 Å². The van der Waals surface area contributed by atoms with Gasteiger partial charge in [0.1, 0.15) is 22.9 Å². The van der Waals surface area contributed by atoms with Gasteiger partial charge in [-0.25, -0.2) is 14.4 Å². The van der Waals surface area contributed by atoms with Crippen LogP contribution in [0.5, 0.6) is 0 Å². The number of hydrogen-bond donors (Lipinski definition) is 1. The first-order valence-electron chi connectivity index (χ1n) is 10.2. The van der Waals surface area contributed by atoms with E-state index in [1.807, 2.05) is 18.2 Å². The quantitative estimate of drug-likeness (QED) is 0.576. The Kier molecular flexibility index (Phi) is 5.53. The van der Waals surface area contributed by atoms with Crippen molar-refractivity contribution in [2.24, 2.45) is 7.05 Å². The molecule has 0 spiro atoms. The lowest BCUT2D eigenvalue weighted by Gasteiger charge is -2.37. The SMILES string of the molecule is Cc1nc2cc(N3CCO[C@H]([SH]4C=CC=C4)C3)nc(-c3ccc(Cl)cc3F)c2c(=O)n1C. The van der Waals surface area contributed by atoms with Crippen LogP contribution in [-0.4, -0.2) is 39.7 Å². The van der Waals surface area contributed by atoms with Gasteiger partial charge in [0.05, 0.1) is 29.7 Å². The van der Waals surface area contributed by atoms with Crippen LogP contribution in [-0.2, 0) is 11.8 Å². The lowest BCUT2D eigenvalue weighted by Crippen LogP contribution is -2.42. The fraction of sp³-hybridized carbons (Fsp3) is 0.261. The third kappa shape index (κ3) is 3.72. The van der Waals surface area contributed by atoms with Gasteiger partial charge in [-0.2, -0.15) is 10.9 Å². The summed E-state index contributed by atoms with van der Waals surface area (Å²) >= 11 is 5.96. The van der Waals surface area contributed by atoms with Crippen LogP contribution in [0, 0.1) is 12.7 Å². The molecule has 1 atom stereocenters. The molecule has 0 amide bonds. The van der Waals surface area contributed by atoms with Gasteiger partial charge in [0.15, 0.2) is 0 Å². The zero-order chi connectivity index (χ0) is 22.4. The normalized spacial score (nSPS) is 19.3. The highest BCUT2D eigenvalue weighted by Crippen LogP contribution is 2.41. The predicted molar refractivity (Wildman–Crippen MR) is 129 cm³/mol. The molecular formula is C23H22ClFN4O2S. The maximum absolute atomic E-state index is 14.9. The third-order valence-corrected chi connectivity index (χ3v) is 8.03. The van der Waals surface area contributed by atoms with Crippen molar-refractivity contribution >= 4 is 39.2 Å². The Morgan fingerprint density at radius 2 is 2.00 bits per heavy atom. The molecule has 1 aromatic carbocycles. The number of halogens is 2. The number of hydrogen-bond acceptors (Lipinski definition) is 5. The van der Waals surface area contributed by atoms with Crippen LogP contribution >= 0.6 is 22.5 Å². The molecule has 0 radical (unpaired) electrons. The average Bonchev–Trinajstić information content (AvgIpc) is 3.32. The van der Waals surface area contributed by atoms with Crippen LogP contribution < -0.4 is 10.5 Å². The molecule has 5 rings (SSSR count). The molecule has 9 heteroatoms. The molecule has 0 saturated carbocycles. The van der Waals surface area contributed by atoms with E-state index in [1.165, 1.54) is 10.6 Å². The van der Waals surface area contributed by atoms with Gasteiger partial charge < -0.3 is 9.64 Å². The topological polar surface area (TPSA) is 60.2 Å². The second kappa shape index (κ2) is 8.35.